The van der Waals surface area contributed by atoms with Gasteiger partial charge in [0.15, 0.2) is 0 Å². The van der Waals surface area contributed by atoms with Gasteiger partial charge in [-0.25, -0.2) is 0 Å². The highest BCUT2D eigenvalue weighted by atomic mass is 79.9. The van der Waals surface area contributed by atoms with Gasteiger partial charge in [0.1, 0.15) is 5.75 Å². The van der Waals surface area contributed by atoms with Gasteiger partial charge in [0, 0.05) is 11.1 Å². The maximum absolute atomic E-state index is 5.83. The van der Waals surface area contributed by atoms with Crippen molar-refractivity contribution in [2.75, 3.05) is 18.1 Å². The molecule has 0 fully saturated rings. The van der Waals surface area contributed by atoms with E-state index in [0.717, 1.165) is 29.2 Å². The van der Waals surface area contributed by atoms with E-state index in [-0.39, 0.29) is 0 Å². The lowest BCUT2D eigenvalue weighted by Crippen LogP contribution is -2.03. The van der Waals surface area contributed by atoms with Crippen LogP contribution in [0.2, 0.25) is 0 Å². The van der Waals surface area contributed by atoms with Crippen molar-refractivity contribution in [3.63, 3.8) is 0 Å². The summed E-state index contributed by atoms with van der Waals surface area (Å²) < 4.78 is 5.83. The lowest BCUT2D eigenvalue weighted by Gasteiger charge is -2.13. The number of benzene rings is 1. The van der Waals surface area contributed by atoms with Crippen LogP contribution in [0.3, 0.4) is 0 Å². The number of thioether (sulfide) groups is 1. The van der Waals surface area contributed by atoms with Crippen LogP contribution in [0.5, 0.6) is 5.75 Å². The zero-order chi connectivity index (χ0) is 12.0. The Morgan fingerprint density at radius 2 is 1.88 bits per heavy atom. The molecule has 0 aliphatic carbocycles. The van der Waals surface area contributed by atoms with E-state index >= 15 is 0 Å². The van der Waals surface area contributed by atoms with Crippen molar-refractivity contribution in [2.24, 2.45) is 0 Å². The molecule has 1 rings (SSSR count). The molecular weight excluding hydrogens is 284 g/mol. The van der Waals surface area contributed by atoms with Crippen LogP contribution < -0.4 is 4.74 Å². The van der Waals surface area contributed by atoms with E-state index in [1.807, 2.05) is 11.8 Å². The van der Waals surface area contributed by atoms with Crippen molar-refractivity contribution < 1.29 is 4.74 Å². The van der Waals surface area contributed by atoms with Gasteiger partial charge >= 0.3 is 0 Å². The molecule has 0 saturated carbocycles. The summed E-state index contributed by atoms with van der Waals surface area (Å²) in [6, 6.07) is 4.37. The number of ether oxygens (including phenoxy) is 1. The Bertz CT molecular complexity index is 316. The number of aryl methyl sites for hydroxylation is 2. The minimum Gasteiger partial charge on any atom is -0.492 e. The molecule has 0 amide bonds. The molecule has 0 aliphatic heterocycles. The molecule has 0 aromatic heterocycles. The molecule has 0 saturated heterocycles. The van der Waals surface area contributed by atoms with Crippen LogP contribution in [0.1, 0.15) is 23.6 Å². The first-order chi connectivity index (χ1) is 7.69. The summed E-state index contributed by atoms with van der Waals surface area (Å²) in [4.78, 5) is 0. The summed E-state index contributed by atoms with van der Waals surface area (Å²) >= 11 is 5.39. The topological polar surface area (TPSA) is 9.23 Å². The summed E-state index contributed by atoms with van der Waals surface area (Å²) in [5, 5.41) is 0.903. The average molecular weight is 303 g/mol. The number of halogens is 1. The zero-order valence-corrected chi connectivity index (χ0v) is 12.6. The average Bonchev–Trinajstić information content (AvgIpc) is 2.26. The summed E-state index contributed by atoms with van der Waals surface area (Å²) in [6.07, 6.45) is 0. The van der Waals surface area contributed by atoms with Gasteiger partial charge in [0.2, 0.25) is 0 Å². The highest BCUT2D eigenvalue weighted by Crippen LogP contribution is 2.25. The maximum Gasteiger partial charge on any atom is 0.125 e. The highest BCUT2D eigenvalue weighted by Gasteiger charge is 2.05. The van der Waals surface area contributed by atoms with Crippen LogP contribution in [-0.2, 0) is 5.33 Å². The van der Waals surface area contributed by atoms with Crippen molar-refractivity contribution in [3.05, 3.63) is 28.8 Å². The van der Waals surface area contributed by atoms with Gasteiger partial charge in [0.05, 0.1) is 6.61 Å². The Kier molecular flexibility index (Phi) is 6.29. The SMILES string of the molecule is CCSCCOc1c(C)cc(CBr)cc1C. The summed E-state index contributed by atoms with van der Waals surface area (Å²) in [7, 11) is 0. The molecule has 0 heterocycles. The first-order valence-electron chi connectivity index (χ1n) is 5.55. The molecule has 1 aromatic rings. The fourth-order valence-corrected chi connectivity index (χ4v) is 2.51. The molecule has 0 bridgehead atoms. The standard InChI is InChI=1S/C13H19BrOS/c1-4-16-6-5-15-13-10(2)7-12(9-14)8-11(13)3/h7-8H,4-6,9H2,1-3H3. The molecule has 0 radical (unpaired) electrons. The molecule has 1 nitrogen and oxygen atoms in total. The van der Waals surface area contributed by atoms with Crippen molar-refractivity contribution >= 4 is 27.7 Å². The van der Waals surface area contributed by atoms with Crippen LogP contribution in [0.15, 0.2) is 12.1 Å². The predicted octanol–water partition coefficient (Wildman–Crippen LogP) is 4.33. The molecule has 0 N–H and O–H groups in total. The minimum atomic E-state index is 0.799. The summed E-state index contributed by atoms with van der Waals surface area (Å²) in [5.41, 5.74) is 3.78. The number of hydrogen-bond donors (Lipinski definition) is 0. The van der Waals surface area contributed by atoms with E-state index in [9.17, 15) is 0 Å². The first kappa shape index (κ1) is 13.9. The summed E-state index contributed by atoms with van der Waals surface area (Å²) in [5.74, 6) is 3.28. The zero-order valence-electron chi connectivity index (χ0n) is 10.2. The van der Waals surface area contributed by atoms with Gasteiger partial charge in [-0.1, -0.05) is 35.0 Å². The maximum atomic E-state index is 5.83. The normalized spacial score (nSPS) is 10.5. The third-order valence-electron chi connectivity index (χ3n) is 2.35. The van der Waals surface area contributed by atoms with E-state index < -0.39 is 0 Å². The number of rotatable bonds is 6. The second-order valence-electron chi connectivity index (χ2n) is 3.74. The number of alkyl halides is 1. The van der Waals surface area contributed by atoms with E-state index in [4.69, 9.17) is 4.74 Å². The van der Waals surface area contributed by atoms with Crippen LogP contribution in [0, 0.1) is 13.8 Å². The fourth-order valence-electron chi connectivity index (χ4n) is 1.69. The molecular formula is C13H19BrOS. The van der Waals surface area contributed by atoms with E-state index in [1.165, 1.54) is 16.7 Å². The van der Waals surface area contributed by atoms with E-state index in [1.54, 1.807) is 0 Å². The lowest BCUT2D eigenvalue weighted by molar-refractivity contribution is 0.339. The molecule has 90 valence electrons. The van der Waals surface area contributed by atoms with E-state index in [2.05, 4.69) is 48.8 Å². The Hall–Kier alpha value is -0.150. The van der Waals surface area contributed by atoms with Gasteiger partial charge in [-0.3, -0.25) is 0 Å². The van der Waals surface area contributed by atoms with Gasteiger partial charge in [-0.2, -0.15) is 11.8 Å². The molecule has 1 aromatic carbocycles. The van der Waals surface area contributed by atoms with Crippen molar-refractivity contribution in [3.8, 4) is 5.75 Å². The summed E-state index contributed by atoms with van der Waals surface area (Å²) in [6.45, 7) is 7.20. The van der Waals surface area contributed by atoms with Gasteiger partial charge < -0.3 is 4.74 Å². The molecule has 16 heavy (non-hydrogen) atoms. The Morgan fingerprint density at radius 1 is 1.25 bits per heavy atom. The monoisotopic (exact) mass is 302 g/mol. The largest absolute Gasteiger partial charge is 0.492 e. The second kappa shape index (κ2) is 7.23. The predicted molar refractivity (Wildman–Crippen MR) is 77.0 cm³/mol. The van der Waals surface area contributed by atoms with Crippen molar-refractivity contribution in [1.29, 1.82) is 0 Å². The third kappa shape index (κ3) is 4.02. The molecule has 3 heteroatoms. The van der Waals surface area contributed by atoms with Crippen molar-refractivity contribution in [2.45, 2.75) is 26.1 Å². The fraction of sp³-hybridized carbons (Fsp3) is 0.538. The van der Waals surface area contributed by atoms with Gasteiger partial charge in [-0.15, -0.1) is 0 Å². The Balaban J connectivity index is 2.65. The van der Waals surface area contributed by atoms with Gasteiger partial charge in [-0.05, 0) is 36.3 Å². The number of hydrogen-bond acceptors (Lipinski definition) is 2. The van der Waals surface area contributed by atoms with Crippen LogP contribution in [0.4, 0.5) is 0 Å². The van der Waals surface area contributed by atoms with Crippen LogP contribution in [0.25, 0.3) is 0 Å². The Morgan fingerprint density at radius 3 is 2.38 bits per heavy atom. The van der Waals surface area contributed by atoms with Crippen LogP contribution >= 0.6 is 27.7 Å². The van der Waals surface area contributed by atoms with Crippen LogP contribution in [-0.4, -0.2) is 18.1 Å². The lowest BCUT2D eigenvalue weighted by atomic mass is 10.1. The highest BCUT2D eigenvalue weighted by molar-refractivity contribution is 9.08. The van der Waals surface area contributed by atoms with E-state index in [0.29, 0.717) is 0 Å². The molecule has 0 aliphatic rings. The Labute approximate surface area is 111 Å². The quantitative estimate of drug-likeness (QED) is 0.571. The minimum absolute atomic E-state index is 0.799. The molecule has 0 unspecified atom stereocenters. The smallest absolute Gasteiger partial charge is 0.125 e. The van der Waals surface area contributed by atoms with Gasteiger partial charge in [0.25, 0.3) is 0 Å². The van der Waals surface area contributed by atoms with Crippen molar-refractivity contribution in [1.82, 2.24) is 0 Å². The first-order valence-corrected chi connectivity index (χ1v) is 7.83. The molecule has 0 spiro atoms. The molecule has 0 atom stereocenters. The third-order valence-corrected chi connectivity index (χ3v) is 3.86. The second-order valence-corrected chi connectivity index (χ2v) is 5.69.